The number of amides is 1. The molecule has 0 radical (unpaired) electrons. The highest BCUT2D eigenvalue weighted by molar-refractivity contribution is 6.32. The SMILES string of the molecule is CCN(CC)CCOc1c(Cl)cc(CNC(=O)CCC(=O)O)cc1OC. The van der Waals surface area contributed by atoms with Crippen molar-refractivity contribution in [2.24, 2.45) is 0 Å². The van der Waals surface area contributed by atoms with Gasteiger partial charge in [0.05, 0.1) is 18.6 Å². The lowest BCUT2D eigenvalue weighted by Crippen LogP contribution is -2.28. The minimum Gasteiger partial charge on any atom is -0.493 e. The number of aliphatic carboxylic acids is 1. The third-order valence-electron chi connectivity index (χ3n) is 3.89. The normalized spacial score (nSPS) is 10.7. The van der Waals surface area contributed by atoms with Gasteiger partial charge in [0.2, 0.25) is 5.91 Å². The number of carboxylic acid groups (broad SMARTS) is 1. The van der Waals surface area contributed by atoms with Crippen molar-refractivity contribution in [3.05, 3.63) is 22.7 Å². The molecule has 0 aliphatic carbocycles. The Morgan fingerprint density at radius 3 is 2.50 bits per heavy atom. The van der Waals surface area contributed by atoms with Gasteiger partial charge in [0.15, 0.2) is 11.5 Å². The van der Waals surface area contributed by atoms with Crippen LogP contribution in [0.4, 0.5) is 0 Å². The van der Waals surface area contributed by atoms with Crippen molar-refractivity contribution in [1.29, 1.82) is 0 Å². The molecule has 0 aliphatic heterocycles. The van der Waals surface area contributed by atoms with Crippen LogP contribution < -0.4 is 14.8 Å². The minimum atomic E-state index is -1.00. The Balaban J connectivity index is 2.67. The average molecular weight is 387 g/mol. The van der Waals surface area contributed by atoms with Gasteiger partial charge in [0.1, 0.15) is 6.61 Å². The summed E-state index contributed by atoms with van der Waals surface area (Å²) in [6.45, 7) is 7.59. The molecule has 1 aromatic rings. The first-order valence-electron chi connectivity index (χ1n) is 8.61. The number of methoxy groups -OCH3 is 1. The molecule has 1 aromatic carbocycles. The second-order valence-corrected chi connectivity index (χ2v) is 6.06. The molecule has 0 fully saturated rings. The summed E-state index contributed by atoms with van der Waals surface area (Å²) in [5.74, 6) is -0.368. The molecule has 7 nitrogen and oxygen atoms in total. The van der Waals surface area contributed by atoms with Gasteiger partial charge in [-0.15, -0.1) is 0 Å². The highest BCUT2D eigenvalue weighted by Gasteiger charge is 2.13. The van der Waals surface area contributed by atoms with Crippen LogP contribution in [0, 0.1) is 0 Å². The average Bonchev–Trinajstić information content (AvgIpc) is 2.62. The molecule has 0 atom stereocenters. The lowest BCUT2D eigenvalue weighted by atomic mass is 10.2. The third kappa shape index (κ3) is 7.49. The van der Waals surface area contributed by atoms with Crippen molar-refractivity contribution in [3.63, 3.8) is 0 Å². The molecule has 26 heavy (non-hydrogen) atoms. The molecule has 0 aromatic heterocycles. The van der Waals surface area contributed by atoms with Crippen molar-refractivity contribution in [3.8, 4) is 11.5 Å². The second kappa shape index (κ2) is 11.6. The van der Waals surface area contributed by atoms with Crippen molar-refractivity contribution < 1.29 is 24.2 Å². The fourth-order valence-corrected chi connectivity index (χ4v) is 2.63. The molecule has 1 rings (SSSR count). The number of carboxylic acids is 1. The summed E-state index contributed by atoms with van der Waals surface area (Å²) >= 11 is 6.31. The molecule has 0 spiro atoms. The van der Waals surface area contributed by atoms with E-state index >= 15 is 0 Å². The molecular weight excluding hydrogens is 360 g/mol. The van der Waals surface area contributed by atoms with Crippen LogP contribution >= 0.6 is 11.6 Å². The Morgan fingerprint density at radius 2 is 1.92 bits per heavy atom. The van der Waals surface area contributed by atoms with Crippen molar-refractivity contribution in [2.75, 3.05) is 33.4 Å². The quantitative estimate of drug-likeness (QED) is 0.574. The van der Waals surface area contributed by atoms with Gasteiger partial charge in [-0.2, -0.15) is 0 Å². The largest absolute Gasteiger partial charge is 0.493 e. The third-order valence-corrected chi connectivity index (χ3v) is 4.17. The van der Waals surface area contributed by atoms with Gasteiger partial charge in [-0.05, 0) is 30.8 Å². The van der Waals surface area contributed by atoms with E-state index in [-0.39, 0.29) is 25.3 Å². The van der Waals surface area contributed by atoms with E-state index in [1.807, 2.05) is 0 Å². The zero-order chi connectivity index (χ0) is 19.5. The lowest BCUT2D eigenvalue weighted by Gasteiger charge is -2.19. The number of nitrogens with zero attached hydrogens (tertiary/aromatic N) is 1. The van der Waals surface area contributed by atoms with E-state index in [9.17, 15) is 9.59 Å². The van der Waals surface area contributed by atoms with Crippen LogP contribution in [-0.4, -0.2) is 55.2 Å². The van der Waals surface area contributed by atoms with Gasteiger partial charge in [-0.25, -0.2) is 0 Å². The molecule has 146 valence electrons. The number of hydrogen-bond donors (Lipinski definition) is 2. The molecule has 1 amide bonds. The molecule has 0 heterocycles. The monoisotopic (exact) mass is 386 g/mol. The van der Waals surface area contributed by atoms with Crippen molar-refractivity contribution in [2.45, 2.75) is 33.2 Å². The summed E-state index contributed by atoms with van der Waals surface area (Å²) in [5.41, 5.74) is 0.742. The van der Waals surface area contributed by atoms with Gasteiger partial charge in [-0.1, -0.05) is 25.4 Å². The van der Waals surface area contributed by atoms with Crippen LogP contribution in [0.1, 0.15) is 32.3 Å². The summed E-state index contributed by atoms with van der Waals surface area (Å²) < 4.78 is 11.1. The Hall–Kier alpha value is -1.99. The van der Waals surface area contributed by atoms with E-state index in [0.717, 1.165) is 25.2 Å². The zero-order valence-corrected chi connectivity index (χ0v) is 16.3. The van der Waals surface area contributed by atoms with Crippen LogP contribution in [0.15, 0.2) is 12.1 Å². The van der Waals surface area contributed by atoms with Gasteiger partial charge < -0.3 is 24.8 Å². The minimum absolute atomic E-state index is 0.0627. The number of benzene rings is 1. The number of likely N-dealkylation sites (N-methyl/N-ethyl adjacent to an activating group) is 1. The van der Waals surface area contributed by atoms with E-state index in [0.29, 0.717) is 23.1 Å². The highest BCUT2D eigenvalue weighted by atomic mass is 35.5. The van der Waals surface area contributed by atoms with Gasteiger partial charge >= 0.3 is 5.97 Å². The molecule has 0 bridgehead atoms. The maximum absolute atomic E-state index is 11.6. The molecule has 0 aliphatic rings. The van der Waals surface area contributed by atoms with Crippen LogP contribution in [-0.2, 0) is 16.1 Å². The molecule has 0 saturated carbocycles. The maximum atomic E-state index is 11.6. The molecule has 0 saturated heterocycles. The fraction of sp³-hybridized carbons (Fsp3) is 0.556. The standard InChI is InChI=1S/C18H27ClN2O5/c1-4-21(5-2)8-9-26-18-14(19)10-13(11-15(18)25-3)12-20-16(22)6-7-17(23)24/h10-11H,4-9,12H2,1-3H3,(H,20,22)(H,23,24). The van der Waals surface area contributed by atoms with Crippen molar-refractivity contribution >= 4 is 23.5 Å². The summed E-state index contributed by atoms with van der Waals surface area (Å²) in [6.07, 6.45) is -0.262. The van der Waals surface area contributed by atoms with Gasteiger partial charge in [-0.3, -0.25) is 9.59 Å². The number of hydrogen-bond acceptors (Lipinski definition) is 5. The molecule has 0 unspecified atom stereocenters. The first-order chi connectivity index (χ1) is 12.4. The van der Waals surface area contributed by atoms with E-state index in [1.54, 1.807) is 12.1 Å². The Morgan fingerprint density at radius 1 is 1.23 bits per heavy atom. The molecule has 8 heteroatoms. The van der Waals surface area contributed by atoms with Crippen molar-refractivity contribution in [1.82, 2.24) is 10.2 Å². The van der Waals surface area contributed by atoms with E-state index in [4.69, 9.17) is 26.2 Å². The predicted molar refractivity (Wildman–Crippen MR) is 100 cm³/mol. The summed E-state index contributed by atoms with van der Waals surface area (Å²) in [6, 6.07) is 3.45. The molecular formula is C18H27ClN2O5. The van der Waals surface area contributed by atoms with Crippen LogP contribution in [0.3, 0.4) is 0 Å². The van der Waals surface area contributed by atoms with Gasteiger partial charge in [0.25, 0.3) is 0 Å². The predicted octanol–water partition coefficient (Wildman–Crippen LogP) is 2.55. The van der Waals surface area contributed by atoms with Crippen LogP contribution in [0.25, 0.3) is 0 Å². The highest BCUT2D eigenvalue weighted by Crippen LogP contribution is 2.36. The first-order valence-corrected chi connectivity index (χ1v) is 8.99. The number of rotatable bonds is 12. The fourth-order valence-electron chi connectivity index (χ4n) is 2.34. The van der Waals surface area contributed by atoms with Crippen LogP contribution in [0.5, 0.6) is 11.5 Å². The smallest absolute Gasteiger partial charge is 0.303 e. The number of halogens is 1. The van der Waals surface area contributed by atoms with Crippen LogP contribution in [0.2, 0.25) is 5.02 Å². The summed E-state index contributed by atoms with van der Waals surface area (Å²) in [4.78, 5) is 24.3. The second-order valence-electron chi connectivity index (χ2n) is 5.65. The number of nitrogens with one attached hydrogen (secondary N) is 1. The number of ether oxygens (including phenoxy) is 2. The number of carbonyl (C=O) groups is 2. The van der Waals surface area contributed by atoms with E-state index in [2.05, 4.69) is 24.1 Å². The lowest BCUT2D eigenvalue weighted by molar-refractivity contribution is -0.138. The zero-order valence-electron chi connectivity index (χ0n) is 15.5. The van der Waals surface area contributed by atoms with E-state index < -0.39 is 5.97 Å². The van der Waals surface area contributed by atoms with Gasteiger partial charge in [0, 0.05) is 19.5 Å². The van der Waals surface area contributed by atoms with E-state index in [1.165, 1.54) is 7.11 Å². The Bertz CT molecular complexity index is 605. The topological polar surface area (TPSA) is 88.1 Å². The number of carbonyl (C=O) groups excluding carboxylic acids is 1. The molecule has 2 N–H and O–H groups in total. The Kier molecular flexibility index (Phi) is 9.83. The Labute approximate surface area is 159 Å². The summed E-state index contributed by atoms with van der Waals surface area (Å²) in [7, 11) is 1.53. The first kappa shape index (κ1) is 22.1. The maximum Gasteiger partial charge on any atom is 0.303 e. The summed E-state index contributed by atoms with van der Waals surface area (Å²) in [5, 5.41) is 11.7.